The molecule has 0 aliphatic rings. The van der Waals surface area contributed by atoms with Crippen LogP contribution >= 0.6 is 36.2 Å². The molecule has 8 heteroatoms. The second kappa shape index (κ2) is 10.8. The molecule has 0 aliphatic carbocycles. The van der Waals surface area contributed by atoms with Gasteiger partial charge in [-0.2, -0.15) is 13.2 Å². The fraction of sp³-hybridized carbons (Fsp3) is 0.250. The summed E-state index contributed by atoms with van der Waals surface area (Å²) in [5.41, 5.74) is 9.81. The van der Waals surface area contributed by atoms with Crippen molar-refractivity contribution in [2.45, 2.75) is 41.1 Å². The van der Waals surface area contributed by atoms with Crippen molar-refractivity contribution in [3.8, 4) is 0 Å². The second-order valence-corrected chi connectivity index (χ2v) is 10.1. The predicted molar refractivity (Wildman–Crippen MR) is 134 cm³/mol. The number of rotatable bonds is 8. The zero-order valence-corrected chi connectivity index (χ0v) is 20.3. The van der Waals surface area contributed by atoms with E-state index in [2.05, 4.69) is 37.0 Å². The van der Waals surface area contributed by atoms with E-state index in [-0.39, 0.29) is 4.90 Å². The number of thiol groups is 1. The van der Waals surface area contributed by atoms with E-state index in [9.17, 15) is 13.2 Å². The van der Waals surface area contributed by atoms with E-state index >= 15 is 0 Å². The van der Waals surface area contributed by atoms with Gasteiger partial charge in [0.1, 0.15) is 0 Å². The van der Waals surface area contributed by atoms with E-state index in [0.717, 1.165) is 32.7 Å². The average molecular weight is 495 g/mol. The van der Waals surface area contributed by atoms with E-state index in [1.807, 2.05) is 31.2 Å². The van der Waals surface area contributed by atoms with Gasteiger partial charge in [-0.3, -0.25) is 0 Å². The highest BCUT2D eigenvalue weighted by molar-refractivity contribution is 7.99. The van der Waals surface area contributed by atoms with Crippen LogP contribution in [0.25, 0.3) is 0 Å². The first-order chi connectivity index (χ1) is 15.1. The third-order valence-corrected chi connectivity index (χ3v) is 7.50. The maximum Gasteiger partial charge on any atom is 0.417 e. The Morgan fingerprint density at radius 1 is 0.906 bits per heavy atom. The molecule has 0 aliphatic heterocycles. The molecular formula is C24H25F3N2S3. The summed E-state index contributed by atoms with van der Waals surface area (Å²) < 4.78 is 39.7. The first-order valence-electron chi connectivity index (χ1n) is 9.99. The molecule has 0 saturated heterocycles. The number of halogens is 3. The van der Waals surface area contributed by atoms with Gasteiger partial charge < -0.3 is 11.1 Å². The van der Waals surface area contributed by atoms with Crippen LogP contribution in [-0.2, 0) is 12.6 Å². The summed E-state index contributed by atoms with van der Waals surface area (Å²) in [6.07, 6.45) is -3.72. The molecule has 3 N–H and O–H groups in total. The molecule has 0 amide bonds. The smallest absolute Gasteiger partial charge is 0.399 e. The van der Waals surface area contributed by atoms with E-state index in [4.69, 9.17) is 5.73 Å². The van der Waals surface area contributed by atoms with Crippen LogP contribution in [0.3, 0.4) is 0 Å². The minimum absolute atomic E-state index is 0.171. The van der Waals surface area contributed by atoms with Crippen LogP contribution in [-0.4, -0.2) is 11.6 Å². The molecule has 0 atom stereocenters. The summed E-state index contributed by atoms with van der Waals surface area (Å²) in [4.78, 5) is 2.27. The van der Waals surface area contributed by atoms with Crippen LogP contribution in [0.5, 0.6) is 0 Å². The van der Waals surface area contributed by atoms with Crippen molar-refractivity contribution in [1.82, 2.24) is 0 Å². The summed E-state index contributed by atoms with van der Waals surface area (Å²) in [7, 11) is 0. The quantitative estimate of drug-likeness (QED) is 0.130. The van der Waals surface area contributed by atoms with Crippen LogP contribution in [0.15, 0.2) is 69.3 Å². The maximum absolute atomic E-state index is 13.2. The molecule has 3 aromatic carbocycles. The molecule has 3 rings (SSSR count). The number of hydrogen-bond donors (Lipinski definition) is 3. The van der Waals surface area contributed by atoms with Crippen molar-refractivity contribution in [2.75, 3.05) is 22.7 Å². The first kappa shape index (κ1) is 24.7. The number of alkyl halides is 3. The minimum atomic E-state index is -4.39. The van der Waals surface area contributed by atoms with Gasteiger partial charge in [0.05, 0.1) is 11.4 Å². The normalized spacial score (nSPS) is 11.6. The van der Waals surface area contributed by atoms with Crippen LogP contribution in [0.4, 0.5) is 24.5 Å². The van der Waals surface area contributed by atoms with Gasteiger partial charge >= 0.3 is 6.18 Å². The van der Waals surface area contributed by atoms with Crippen molar-refractivity contribution in [1.29, 1.82) is 0 Å². The molecule has 170 valence electrons. The Balaban J connectivity index is 1.59. The van der Waals surface area contributed by atoms with E-state index < -0.39 is 11.7 Å². The van der Waals surface area contributed by atoms with E-state index in [1.54, 1.807) is 11.8 Å². The number of nitrogens with one attached hydrogen (secondary N) is 1. The Labute approximate surface area is 201 Å². The molecule has 3 aromatic rings. The maximum atomic E-state index is 13.2. The predicted octanol–water partition coefficient (Wildman–Crippen LogP) is 7.69. The van der Waals surface area contributed by atoms with Crippen LogP contribution in [0, 0.1) is 13.8 Å². The summed E-state index contributed by atoms with van der Waals surface area (Å²) in [6, 6.07) is 16.0. The molecule has 32 heavy (non-hydrogen) atoms. The summed E-state index contributed by atoms with van der Waals surface area (Å²) >= 11 is 7.34. The Kier molecular flexibility index (Phi) is 8.36. The molecule has 0 heterocycles. The lowest BCUT2D eigenvalue weighted by atomic mass is 10.1. The molecule has 0 bridgehead atoms. The number of thioether (sulfide) groups is 2. The van der Waals surface area contributed by atoms with Gasteiger partial charge in [0.15, 0.2) is 0 Å². The van der Waals surface area contributed by atoms with Gasteiger partial charge in [-0.15, -0.1) is 36.2 Å². The molecule has 0 unspecified atom stereocenters. The van der Waals surface area contributed by atoms with Gasteiger partial charge in [-0.1, -0.05) is 18.2 Å². The van der Waals surface area contributed by atoms with Gasteiger partial charge in [0.2, 0.25) is 0 Å². The van der Waals surface area contributed by atoms with Crippen LogP contribution in [0.1, 0.15) is 22.3 Å². The molecular weight excluding hydrogens is 469 g/mol. The van der Waals surface area contributed by atoms with E-state index in [1.165, 1.54) is 29.5 Å². The highest BCUT2D eigenvalue weighted by atomic mass is 32.2. The van der Waals surface area contributed by atoms with Crippen LogP contribution in [0.2, 0.25) is 0 Å². The zero-order chi connectivity index (χ0) is 23.3. The molecule has 2 nitrogen and oxygen atoms in total. The lowest BCUT2D eigenvalue weighted by Crippen LogP contribution is -2.07. The number of nitrogens with two attached hydrogens (primary N) is 1. The third-order valence-electron chi connectivity index (χ3n) is 4.93. The van der Waals surface area contributed by atoms with Crippen LogP contribution < -0.4 is 11.1 Å². The highest BCUT2D eigenvalue weighted by Crippen LogP contribution is 2.38. The average Bonchev–Trinajstić information content (AvgIpc) is 2.72. The fourth-order valence-electron chi connectivity index (χ4n) is 3.04. The highest BCUT2D eigenvalue weighted by Gasteiger charge is 2.33. The summed E-state index contributed by atoms with van der Waals surface area (Å²) in [5.74, 6) is 1.24. The SMILES string of the molecule is Cc1ccc(NCSc2cc(CCSc3cc(N)ccc3C(F)(F)F)ccc2C)cc1S. The van der Waals surface area contributed by atoms with Crippen molar-refractivity contribution >= 4 is 47.5 Å². The standard InChI is InChI=1S/C24H25F3N2S3/c1-15-4-7-19(13-21(15)30)29-14-32-22-11-17(5-3-16(22)2)9-10-31-23-12-18(28)6-8-20(23)24(25,26)27/h3-8,11-13,29-30H,9-10,14,28H2,1-2H3. The number of anilines is 2. The first-order valence-corrected chi connectivity index (χ1v) is 12.4. The molecule has 0 fully saturated rings. The topological polar surface area (TPSA) is 38.0 Å². The molecule has 0 radical (unpaired) electrons. The van der Waals surface area contributed by atoms with Crippen molar-refractivity contribution in [3.05, 3.63) is 76.9 Å². The number of nitrogen functional groups attached to an aromatic ring is 1. The third kappa shape index (κ3) is 6.80. The number of aryl methyl sites for hydroxylation is 3. The zero-order valence-electron chi connectivity index (χ0n) is 17.8. The monoisotopic (exact) mass is 494 g/mol. The molecule has 0 saturated carbocycles. The Morgan fingerprint density at radius 3 is 2.38 bits per heavy atom. The Bertz CT molecular complexity index is 1080. The second-order valence-electron chi connectivity index (χ2n) is 7.42. The number of benzene rings is 3. The summed E-state index contributed by atoms with van der Waals surface area (Å²) in [5, 5.41) is 3.39. The van der Waals surface area contributed by atoms with Crippen molar-refractivity contribution in [2.24, 2.45) is 0 Å². The Hall–Kier alpha value is -1.90. The minimum Gasteiger partial charge on any atom is -0.399 e. The molecule has 0 aromatic heterocycles. The van der Waals surface area contributed by atoms with Crippen molar-refractivity contribution < 1.29 is 13.2 Å². The van der Waals surface area contributed by atoms with Gasteiger partial charge in [-0.25, -0.2) is 0 Å². The van der Waals surface area contributed by atoms with Crippen molar-refractivity contribution in [3.63, 3.8) is 0 Å². The fourth-order valence-corrected chi connectivity index (χ4v) is 5.30. The van der Waals surface area contributed by atoms with E-state index in [0.29, 0.717) is 23.7 Å². The Morgan fingerprint density at radius 2 is 1.66 bits per heavy atom. The largest absolute Gasteiger partial charge is 0.417 e. The van der Waals surface area contributed by atoms with Gasteiger partial charge in [0.25, 0.3) is 0 Å². The lowest BCUT2D eigenvalue weighted by molar-refractivity contribution is -0.139. The van der Waals surface area contributed by atoms with Gasteiger partial charge in [0, 0.05) is 31.8 Å². The number of hydrogen-bond acceptors (Lipinski definition) is 5. The molecule has 0 spiro atoms. The summed E-state index contributed by atoms with van der Waals surface area (Å²) in [6.45, 7) is 4.07. The van der Waals surface area contributed by atoms with Gasteiger partial charge in [-0.05, 0) is 73.4 Å². The lowest BCUT2D eigenvalue weighted by Gasteiger charge is -2.14.